The Balaban J connectivity index is 1.87. The third-order valence-electron chi connectivity index (χ3n) is 3.72. The van der Waals surface area contributed by atoms with Crippen LogP contribution in [-0.4, -0.2) is 41.1 Å². The molecule has 3 rings (SSSR count). The first-order valence-electron chi connectivity index (χ1n) is 6.97. The zero-order valence-corrected chi connectivity index (χ0v) is 14.0. The number of hydrogen-bond acceptors (Lipinski definition) is 6. The average molecular weight is 355 g/mol. The van der Waals surface area contributed by atoms with E-state index in [1.54, 1.807) is 18.5 Å². The van der Waals surface area contributed by atoms with E-state index in [1.165, 1.54) is 0 Å². The fourth-order valence-corrected chi connectivity index (χ4v) is 3.26. The van der Waals surface area contributed by atoms with Crippen LogP contribution in [-0.2, 0) is 29.3 Å². The molecule has 1 aliphatic heterocycles. The van der Waals surface area contributed by atoms with Crippen LogP contribution in [0.4, 0.5) is 0 Å². The molecular weight excluding hydrogens is 340 g/mol. The second-order valence-corrected chi connectivity index (χ2v) is 7.83. The van der Waals surface area contributed by atoms with Crippen LogP contribution in [0.25, 0.3) is 0 Å². The number of nitrogens with zero attached hydrogens (tertiary/aromatic N) is 3. The summed E-state index contributed by atoms with van der Waals surface area (Å²) in [6.45, 7) is 1.63. The van der Waals surface area contributed by atoms with Gasteiger partial charge in [0.1, 0.15) is 0 Å². The molecule has 1 aliphatic rings. The Morgan fingerprint density at radius 1 is 1.43 bits per heavy atom. The smallest absolute Gasteiger partial charge is 0.256 e. The van der Waals surface area contributed by atoms with Crippen molar-refractivity contribution in [3.05, 3.63) is 50.7 Å². The van der Waals surface area contributed by atoms with Crippen molar-refractivity contribution in [2.24, 2.45) is 0 Å². The molecule has 0 bridgehead atoms. The molecule has 0 saturated heterocycles. The van der Waals surface area contributed by atoms with Gasteiger partial charge in [-0.15, -0.1) is 0 Å². The second-order valence-electron chi connectivity index (χ2n) is 5.50. The number of fused-ring (bicyclic) bond motifs is 1. The van der Waals surface area contributed by atoms with Crippen molar-refractivity contribution < 1.29 is 8.42 Å². The zero-order valence-electron chi connectivity index (χ0n) is 12.4. The van der Waals surface area contributed by atoms with Gasteiger partial charge in [0.15, 0.2) is 0 Å². The SMILES string of the molecule is CS(=O)(=O)c1nc2c(c(=O)[nH]1)CN(Cc1cnccc1Cl)CC2. The Bertz CT molecular complexity index is 910. The van der Waals surface area contributed by atoms with Crippen molar-refractivity contribution in [1.82, 2.24) is 19.9 Å². The number of sulfone groups is 1. The summed E-state index contributed by atoms with van der Waals surface area (Å²) in [4.78, 5) is 24.7. The van der Waals surface area contributed by atoms with E-state index in [-0.39, 0.29) is 5.16 Å². The summed E-state index contributed by atoms with van der Waals surface area (Å²) < 4.78 is 23.1. The average Bonchev–Trinajstić information content (AvgIpc) is 2.49. The summed E-state index contributed by atoms with van der Waals surface area (Å²) in [7, 11) is -3.53. The van der Waals surface area contributed by atoms with Crippen LogP contribution in [0.15, 0.2) is 28.4 Å². The predicted octanol–water partition coefficient (Wildman–Crippen LogP) is 0.780. The molecular formula is C14H15ClN4O3S. The first kappa shape index (κ1) is 16.1. The predicted molar refractivity (Wildman–Crippen MR) is 85.0 cm³/mol. The Kier molecular flexibility index (Phi) is 4.22. The molecule has 23 heavy (non-hydrogen) atoms. The number of nitrogens with one attached hydrogen (secondary N) is 1. The van der Waals surface area contributed by atoms with E-state index in [9.17, 15) is 13.2 Å². The first-order valence-corrected chi connectivity index (χ1v) is 9.24. The topological polar surface area (TPSA) is 96.0 Å². The van der Waals surface area contributed by atoms with Gasteiger partial charge in [0.2, 0.25) is 15.0 Å². The number of aromatic nitrogens is 3. The monoisotopic (exact) mass is 354 g/mol. The lowest BCUT2D eigenvalue weighted by Gasteiger charge is -2.27. The molecule has 0 spiro atoms. The van der Waals surface area contributed by atoms with Crippen LogP contribution < -0.4 is 5.56 Å². The van der Waals surface area contributed by atoms with E-state index in [0.717, 1.165) is 11.8 Å². The molecule has 0 aromatic carbocycles. The standard InChI is InChI=1S/C14H15ClN4O3S/c1-23(21,22)14-17-12-3-5-19(8-10(12)13(20)18-14)7-9-6-16-4-2-11(9)15/h2,4,6H,3,5,7-8H2,1H3,(H,17,18,20). The molecule has 0 unspecified atom stereocenters. The van der Waals surface area contributed by atoms with Gasteiger partial charge in [0.05, 0.1) is 11.3 Å². The molecule has 3 heterocycles. The van der Waals surface area contributed by atoms with Crippen LogP contribution in [0.1, 0.15) is 16.8 Å². The van der Waals surface area contributed by atoms with Crippen molar-refractivity contribution in [1.29, 1.82) is 0 Å². The van der Waals surface area contributed by atoms with Gasteiger partial charge in [-0.3, -0.25) is 19.7 Å². The minimum atomic E-state index is -3.53. The molecule has 2 aromatic heterocycles. The summed E-state index contributed by atoms with van der Waals surface area (Å²) in [6, 6.07) is 1.72. The van der Waals surface area contributed by atoms with Crippen molar-refractivity contribution >= 4 is 21.4 Å². The zero-order chi connectivity index (χ0) is 16.6. The molecule has 1 N–H and O–H groups in total. The molecule has 0 fully saturated rings. The molecule has 7 nitrogen and oxygen atoms in total. The van der Waals surface area contributed by atoms with Crippen LogP contribution in [0, 0.1) is 0 Å². The number of rotatable bonds is 3. The van der Waals surface area contributed by atoms with E-state index in [0.29, 0.717) is 42.3 Å². The molecule has 0 radical (unpaired) electrons. The summed E-state index contributed by atoms with van der Waals surface area (Å²) in [6.07, 6.45) is 4.86. The van der Waals surface area contributed by atoms with Crippen molar-refractivity contribution in [3.8, 4) is 0 Å². The van der Waals surface area contributed by atoms with Gasteiger partial charge in [-0.2, -0.15) is 0 Å². The maximum absolute atomic E-state index is 12.2. The number of halogens is 1. The summed E-state index contributed by atoms with van der Waals surface area (Å²) in [5, 5.41) is 0.357. The lowest BCUT2D eigenvalue weighted by molar-refractivity contribution is 0.240. The van der Waals surface area contributed by atoms with Crippen LogP contribution >= 0.6 is 11.6 Å². The van der Waals surface area contributed by atoms with Crippen LogP contribution in [0.2, 0.25) is 5.02 Å². The Morgan fingerprint density at radius 3 is 2.91 bits per heavy atom. The van der Waals surface area contributed by atoms with Crippen molar-refractivity contribution in [2.45, 2.75) is 24.7 Å². The van der Waals surface area contributed by atoms with E-state index >= 15 is 0 Å². The highest BCUT2D eigenvalue weighted by molar-refractivity contribution is 7.90. The molecule has 2 aromatic rings. The minimum absolute atomic E-state index is 0.273. The quantitative estimate of drug-likeness (QED) is 0.818. The highest BCUT2D eigenvalue weighted by Crippen LogP contribution is 2.20. The van der Waals surface area contributed by atoms with E-state index in [1.807, 2.05) is 0 Å². The third kappa shape index (κ3) is 3.44. The minimum Gasteiger partial charge on any atom is -0.297 e. The van der Waals surface area contributed by atoms with Crippen molar-refractivity contribution in [3.63, 3.8) is 0 Å². The molecule has 0 atom stereocenters. The number of pyridine rings is 1. The molecule has 0 saturated carbocycles. The first-order chi connectivity index (χ1) is 10.8. The third-order valence-corrected chi connectivity index (χ3v) is 4.98. The number of aromatic amines is 1. The Hall–Kier alpha value is -1.77. The maximum atomic E-state index is 12.2. The highest BCUT2D eigenvalue weighted by atomic mass is 35.5. The van der Waals surface area contributed by atoms with Gasteiger partial charge >= 0.3 is 0 Å². The highest BCUT2D eigenvalue weighted by Gasteiger charge is 2.23. The van der Waals surface area contributed by atoms with Crippen LogP contribution in [0.5, 0.6) is 0 Å². The van der Waals surface area contributed by atoms with Crippen molar-refractivity contribution in [2.75, 3.05) is 12.8 Å². The van der Waals surface area contributed by atoms with Crippen LogP contribution in [0.3, 0.4) is 0 Å². The molecule has 122 valence electrons. The molecule has 0 amide bonds. The summed E-state index contributed by atoms with van der Waals surface area (Å²) >= 11 is 6.13. The van der Waals surface area contributed by atoms with Gasteiger partial charge in [-0.25, -0.2) is 13.4 Å². The Labute approximate surface area is 138 Å². The largest absolute Gasteiger partial charge is 0.297 e. The second kappa shape index (κ2) is 6.03. The Morgan fingerprint density at radius 2 is 2.22 bits per heavy atom. The lowest BCUT2D eigenvalue weighted by Crippen LogP contribution is -2.36. The number of hydrogen-bond donors (Lipinski definition) is 1. The molecule has 9 heteroatoms. The summed E-state index contributed by atoms with van der Waals surface area (Å²) in [5.41, 5.74) is 1.53. The van der Waals surface area contributed by atoms with E-state index in [4.69, 9.17) is 11.6 Å². The molecule has 0 aliphatic carbocycles. The fraction of sp³-hybridized carbons (Fsp3) is 0.357. The van der Waals surface area contributed by atoms with Gasteiger partial charge in [0.25, 0.3) is 5.56 Å². The summed E-state index contributed by atoms with van der Waals surface area (Å²) in [5.74, 6) is 0. The van der Waals surface area contributed by atoms with Gasteiger partial charge in [0, 0.05) is 55.3 Å². The lowest BCUT2D eigenvalue weighted by atomic mass is 10.1. The van der Waals surface area contributed by atoms with Gasteiger partial charge < -0.3 is 0 Å². The fourth-order valence-electron chi connectivity index (χ4n) is 2.54. The van der Waals surface area contributed by atoms with E-state index in [2.05, 4.69) is 19.9 Å². The van der Waals surface area contributed by atoms with E-state index < -0.39 is 15.4 Å². The normalized spacial score (nSPS) is 15.4. The maximum Gasteiger partial charge on any atom is 0.256 e. The number of H-pyrrole nitrogens is 1. The van der Waals surface area contributed by atoms with Gasteiger partial charge in [-0.1, -0.05) is 11.6 Å². The van der Waals surface area contributed by atoms with Gasteiger partial charge in [-0.05, 0) is 6.07 Å².